The van der Waals surface area contributed by atoms with Crippen molar-refractivity contribution in [2.24, 2.45) is 0 Å². The Kier molecular flexibility index (Phi) is 2.01. The highest BCUT2D eigenvalue weighted by atomic mass is 32.2. The minimum absolute atomic E-state index is 0.0671. The minimum atomic E-state index is -2.40. The Morgan fingerprint density at radius 1 is 1.60 bits per heavy atom. The Hall–Kier alpha value is -0.0900. The molecule has 0 bridgehead atoms. The number of aliphatic hydroxyl groups is 1. The summed E-state index contributed by atoms with van der Waals surface area (Å²) in [5.74, 6) is 0. The SMILES string of the molecule is CS(=N)(=O)C1CCC(O)C1. The van der Waals surface area contributed by atoms with Crippen molar-refractivity contribution in [1.29, 1.82) is 4.78 Å². The third-order valence-electron chi connectivity index (χ3n) is 1.99. The predicted octanol–water partition coefficient (Wildman–Crippen LogP) is 0.576. The van der Waals surface area contributed by atoms with Crippen molar-refractivity contribution < 1.29 is 9.32 Å². The van der Waals surface area contributed by atoms with Crippen LogP contribution in [0.2, 0.25) is 0 Å². The van der Waals surface area contributed by atoms with Crippen LogP contribution >= 0.6 is 0 Å². The van der Waals surface area contributed by atoms with Crippen LogP contribution in [-0.4, -0.2) is 26.9 Å². The molecule has 3 atom stereocenters. The summed E-state index contributed by atoms with van der Waals surface area (Å²) in [4.78, 5) is 0. The van der Waals surface area contributed by atoms with E-state index < -0.39 is 9.73 Å². The molecule has 4 heteroatoms. The van der Waals surface area contributed by atoms with Crippen LogP contribution in [0, 0.1) is 4.78 Å². The van der Waals surface area contributed by atoms with Crippen LogP contribution in [0.5, 0.6) is 0 Å². The lowest BCUT2D eigenvalue weighted by Crippen LogP contribution is -2.15. The van der Waals surface area contributed by atoms with E-state index in [1.807, 2.05) is 0 Å². The normalized spacial score (nSPS) is 39.4. The third kappa shape index (κ3) is 1.70. The van der Waals surface area contributed by atoms with Crippen LogP contribution in [0.1, 0.15) is 19.3 Å². The Morgan fingerprint density at radius 3 is 2.40 bits per heavy atom. The van der Waals surface area contributed by atoms with Crippen molar-refractivity contribution in [3.05, 3.63) is 0 Å². The molecule has 3 unspecified atom stereocenters. The summed E-state index contributed by atoms with van der Waals surface area (Å²) in [5, 5.41) is 8.99. The van der Waals surface area contributed by atoms with E-state index in [1.165, 1.54) is 6.26 Å². The fraction of sp³-hybridized carbons (Fsp3) is 1.00. The summed E-state index contributed by atoms with van der Waals surface area (Å²) in [5.41, 5.74) is 0. The molecule has 0 radical (unpaired) electrons. The molecule has 0 aliphatic heterocycles. The second-order valence-electron chi connectivity index (χ2n) is 2.99. The average Bonchev–Trinajstić information content (AvgIpc) is 2.11. The fourth-order valence-electron chi connectivity index (χ4n) is 1.33. The molecule has 0 saturated heterocycles. The number of hydrogen-bond donors (Lipinski definition) is 2. The van der Waals surface area contributed by atoms with Crippen LogP contribution in [0.3, 0.4) is 0 Å². The van der Waals surface area contributed by atoms with E-state index in [2.05, 4.69) is 0 Å². The van der Waals surface area contributed by atoms with Gasteiger partial charge in [-0.15, -0.1) is 0 Å². The lowest BCUT2D eigenvalue weighted by atomic mass is 10.3. The zero-order valence-corrected chi connectivity index (χ0v) is 6.86. The van der Waals surface area contributed by atoms with Crippen LogP contribution < -0.4 is 0 Å². The zero-order valence-electron chi connectivity index (χ0n) is 6.04. The van der Waals surface area contributed by atoms with Crippen molar-refractivity contribution in [1.82, 2.24) is 0 Å². The zero-order chi connectivity index (χ0) is 7.78. The molecule has 1 saturated carbocycles. The Morgan fingerprint density at radius 2 is 2.20 bits per heavy atom. The molecule has 0 heterocycles. The van der Waals surface area contributed by atoms with Gasteiger partial charge in [0.05, 0.1) is 6.10 Å². The molecule has 2 N–H and O–H groups in total. The first-order valence-corrected chi connectivity index (χ1v) is 5.44. The smallest absolute Gasteiger partial charge is 0.0552 e. The Labute approximate surface area is 61.4 Å². The van der Waals surface area contributed by atoms with E-state index in [0.29, 0.717) is 12.8 Å². The second-order valence-corrected chi connectivity index (χ2v) is 5.47. The molecular weight excluding hydrogens is 150 g/mol. The average molecular weight is 163 g/mol. The molecule has 0 spiro atoms. The predicted molar refractivity (Wildman–Crippen MR) is 40.4 cm³/mol. The highest BCUT2D eigenvalue weighted by Crippen LogP contribution is 2.24. The minimum Gasteiger partial charge on any atom is -0.393 e. The summed E-state index contributed by atoms with van der Waals surface area (Å²) in [6.45, 7) is 0. The van der Waals surface area contributed by atoms with Gasteiger partial charge in [0.2, 0.25) is 0 Å². The number of aliphatic hydroxyl groups excluding tert-OH is 1. The maximum absolute atomic E-state index is 11.1. The van der Waals surface area contributed by atoms with Gasteiger partial charge in [-0.25, -0.2) is 4.21 Å². The van der Waals surface area contributed by atoms with Gasteiger partial charge in [-0.1, -0.05) is 0 Å². The first-order chi connectivity index (χ1) is 4.50. The molecule has 1 aliphatic carbocycles. The van der Waals surface area contributed by atoms with Gasteiger partial charge in [0.25, 0.3) is 0 Å². The van der Waals surface area contributed by atoms with Crippen molar-refractivity contribution in [3.8, 4) is 0 Å². The summed E-state index contributed by atoms with van der Waals surface area (Å²) in [7, 11) is -2.40. The first-order valence-electron chi connectivity index (χ1n) is 3.41. The van der Waals surface area contributed by atoms with Gasteiger partial charge in [-0.05, 0) is 19.3 Å². The molecular formula is C6H13NO2S. The van der Waals surface area contributed by atoms with Gasteiger partial charge in [0.1, 0.15) is 0 Å². The van der Waals surface area contributed by atoms with Gasteiger partial charge in [-0.2, -0.15) is 0 Å². The molecule has 0 aromatic heterocycles. The lowest BCUT2D eigenvalue weighted by molar-refractivity contribution is 0.183. The number of rotatable bonds is 1. The standard InChI is InChI=1S/C6H13NO2S/c1-10(7,9)6-3-2-5(8)4-6/h5-8H,2-4H2,1H3. The maximum atomic E-state index is 11.1. The summed E-state index contributed by atoms with van der Waals surface area (Å²) >= 11 is 0. The van der Waals surface area contributed by atoms with Crippen LogP contribution in [0.25, 0.3) is 0 Å². The number of hydrogen-bond acceptors (Lipinski definition) is 3. The largest absolute Gasteiger partial charge is 0.393 e. The van der Waals surface area contributed by atoms with E-state index in [9.17, 15) is 4.21 Å². The van der Waals surface area contributed by atoms with Crippen molar-refractivity contribution in [2.75, 3.05) is 6.26 Å². The summed E-state index contributed by atoms with van der Waals surface area (Å²) in [6, 6.07) is 0. The van der Waals surface area contributed by atoms with Crippen LogP contribution in [-0.2, 0) is 9.73 Å². The highest BCUT2D eigenvalue weighted by molar-refractivity contribution is 7.92. The van der Waals surface area contributed by atoms with Crippen molar-refractivity contribution >= 4 is 9.73 Å². The molecule has 60 valence electrons. The summed E-state index contributed by atoms with van der Waals surface area (Å²) < 4.78 is 18.3. The van der Waals surface area contributed by atoms with E-state index in [1.54, 1.807) is 0 Å². The van der Waals surface area contributed by atoms with Gasteiger partial charge in [-0.3, -0.25) is 4.78 Å². The van der Waals surface area contributed by atoms with Crippen molar-refractivity contribution in [3.63, 3.8) is 0 Å². The van der Waals surface area contributed by atoms with Crippen LogP contribution in [0.15, 0.2) is 0 Å². The van der Waals surface area contributed by atoms with Crippen molar-refractivity contribution in [2.45, 2.75) is 30.6 Å². The molecule has 0 amide bonds. The molecule has 0 aromatic rings. The van der Waals surface area contributed by atoms with E-state index in [4.69, 9.17) is 9.89 Å². The highest BCUT2D eigenvalue weighted by Gasteiger charge is 2.27. The molecule has 1 fully saturated rings. The Bertz CT molecular complexity index is 210. The van der Waals surface area contributed by atoms with E-state index in [0.717, 1.165) is 6.42 Å². The molecule has 3 nitrogen and oxygen atoms in total. The first kappa shape index (κ1) is 8.01. The summed E-state index contributed by atoms with van der Waals surface area (Å²) in [6.07, 6.45) is 3.17. The lowest BCUT2D eigenvalue weighted by Gasteiger charge is -2.07. The number of nitrogens with one attached hydrogen (secondary N) is 1. The quantitative estimate of drug-likeness (QED) is 0.594. The van der Waals surface area contributed by atoms with E-state index in [-0.39, 0.29) is 11.4 Å². The fourth-order valence-corrected chi connectivity index (χ4v) is 2.50. The van der Waals surface area contributed by atoms with E-state index >= 15 is 0 Å². The van der Waals surface area contributed by atoms with Gasteiger partial charge < -0.3 is 5.11 Å². The third-order valence-corrected chi connectivity index (χ3v) is 3.69. The second kappa shape index (κ2) is 2.51. The van der Waals surface area contributed by atoms with Gasteiger partial charge >= 0.3 is 0 Å². The molecule has 1 aliphatic rings. The monoisotopic (exact) mass is 163 g/mol. The van der Waals surface area contributed by atoms with Gasteiger partial charge in [0, 0.05) is 21.2 Å². The van der Waals surface area contributed by atoms with Crippen LogP contribution in [0.4, 0.5) is 0 Å². The molecule has 0 aromatic carbocycles. The molecule has 1 rings (SSSR count). The molecule has 10 heavy (non-hydrogen) atoms. The topological polar surface area (TPSA) is 61.2 Å². The van der Waals surface area contributed by atoms with Gasteiger partial charge in [0.15, 0.2) is 0 Å². The maximum Gasteiger partial charge on any atom is 0.0552 e. The Balaban J connectivity index is 2.62.